The molecule has 1 aliphatic rings. The predicted molar refractivity (Wildman–Crippen MR) is 74.2 cm³/mol. The summed E-state index contributed by atoms with van der Waals surface area (Å²) in [5, 5.41) is 0.544. The van der Waals surface area contributed by atoms with Crippen LogP contribution in [-0.4, -0.2) is 50.6 Å². The van der Waals surface area contributed by atoms with E-state index in [1.807, 2.05) is 0 Å². The Morgan fingerprint density at radius 1 is 1.37 bits per heavy atom. The van der Waals surface area contributed by atoms with Crippen molar-refractivity contribution in [3.63, 3.8) is 0 Å². The van der Waals surface area contributed by atoms with Gasteiger partial charge in [-0.3, -0.25) is 9.69 Å². The van der Waals surface area contributed by atoms with Crippen LogP contribution >= 0.6 is 11.6 Å². The Bertz CT molecular complexity index is 419. The van der Waals surface area contributed by atoms with Gasteiger partial charge in [-0.2, -0.15) is 0 Å². The summed E-state index contributed by atoms with van der Waals surface area (Å²) in [6.45, 7) is 5.19. The number of rotatable bonds is 6. The highest BCUT2D eigenvalue weighted by molar-refractivity contribution is 6.30. The number of morpholine rings is 1. The zero-order valence-electron chi connectivity index (χ0n) is 10.8. The maximum absolute atomic E-state index is 10.9. The Kier molecular flexibility index (Phi) is 5.63. The van der Waals surface area contributed by atoms with Gasteiger partial charge in [0.05, 0.1) is 25.4 Å². The summed E-state index contributed by atoms with van der Waals surface area (Å²) in [7, 11) is 0. The van der Waals surface area contributed by atoms with Crippen LogP contribution in [0, 0.1) is 0 Å². The molecule has 1 fully saturated rings. The van der Waals surface area contributed by atoms with Crippen molar-refractivity contribution in [1.29, 1.82) is 0 Å². The first kappa shape index (κ1) is 14.3. The zero-order chi connectivity index (χ0) is 13.5. The Labute approximate surface area is 118 Å². The van der Waals surface area contributed by atoms with E-state index in [4.69, 9.17) is 21.1 Å². The second kappa shape index (κ2) is 7.48. The summed E-state index contributed by atoms with van der Waals surface area (Å²) in [4.78, 5) is 13.3. The minimum Gasteiger partial charge on any atom is -0.493 e. The van der Waals surface area contributed by atoms with E-state index in [9.17, 15) is 4.79 Å². The minimum atomic E-state index is 0.499. The van der Waals surface area contributed by atoms with Crippen molar-refractivity contribution in [2.45, 2.75) is 6.42 Å². The molecule has 1 heterocycles. The molecule has 0 spiro atoms. The highest BCUT2D eigenvalue weighted by atomic mass is 35.5. The van der Waals surface area contributed by atoms with Gasteiger partial charge in [0.15, 0.2) is 6.29 Å². The van der Waals surface area contributed by atoms with E-state index in [0.717, 1.165) is 45.6 Å². The molecule has 0 unspecified atom stereocenters. The smallest absolute Gasteiger partial charge is 0.153 e. The number of carbonyl (C=O) groups is 1. The van der Waals surface area contributed by atoms with Crippen LogP contribution in [0.1, 0.15) is 16.8 Å². The summed E-state index contributed by atoms with van der Waals surface area (Å²) in [5.74, 6) is 0.598. The first-order valence-corrected chi connectivity index (χ1v) is 6.85. The molecule has 5 heteroatoms. The molecule has 0 aromatic heterocycles. The predicted octanol–water partition coefficient (Wildman–Crippen LogP) is 2.25. The number of hydrogen-bond donors (Lipinski definition) is 0. The van der Waals surface area contributed by atoms with Crippen molar-refractivity contribution in [2.24, 2.45) is 0 Å². The van der Waals surface area contributed by atoms with Crippen LogP contribution in [0.4, 0.5) is 0 Å². The minimum absolute atomic E-state index is 0.499. The molecular formula is C14H18ClNO3. The molecule has 1 aromatic rings. The second-order valence-electron chi connectivity index (χ2n) is 4.46. The molecular weight excluding hydrogens is 266 g/mol. The summed E-state index contributed by atoms with van der Waals surface area (Å²) in [6.07, 6.45) is 1.70. The SMILES string of the molecule is O=Cc1cc(Cl)ccc1OCCCN1CCOCC1. The molecule has 1 aliphatic heterocycles. The van der Waals surface area contributed by atoms with E-state index in [1.165, 1.54) is 0 Å². The Hall–Kier alpha value is -1.10. The second-order valence-corrected chi connectivity index (χ2v) is 4.89. The molecule has 4 nitrogen and oxygen atoms in total. The number of halogens is 1. The zero-order valence-corrected chi connectivity index (χ0v) is 11.6. The quantitative estimate of drug-likeness (QED) is 0.593. The van der Waals surface area contributed by atoms with E-state index in [1.54, 1.807) is 18.2 Å². The van der Waals surface area contributed by atoms with Crippen LogP contribution in [0.2, 0.25) is 5.02 Å². The monoisotopic (exact) mass is 283 g/mol. The van der Waals surface area contributed by atoms with Crippen molar-refractivity contribution in [2.75, 3.05) is 39.5 Å². The van der Waals surface area contributed by atoms with Gasteiger partial charge in [0.2, 0.25) is 0 Å². The van der Waals surface area contributed by atoms with Gasteiger partial charge in [-0.25, -0.2) is 0 Å². The number of nitrogens with zero attached hydrogens (tertiary/aromatic N) is 1. The highest BCUT2D eigenvalue weighted by Gasteiger charge is 2.09. The Morgan fingerprint density at radius 3 is 2.89 bits per heavy atom. The molecule has 1 saturated heterocycles. The lowest BCUT2D eigenvalue weighted by atomic mass is 10.2. The van der Waals surface area contributed by atoms with Gasteiger partial charge in [-0.15, -0.1) is 0 Å². The summed E-state index contributed by atoms with van der Waals surface area (Å²) in [6, 6.07) is 5.08. The van der Waals surface area contributed by atoms with Gasteiger partial charge in [0.25, 0.3) is 0 Å². The van der Waals surface area contributed by atoms with Crippen LogP contribution in [0.5, 0.6) is 5.75 Å². The molecule has 19 heavy (non-hydrogen) atoms. The largest absolute Gasteiger partial charge is 0.493 e. The molecule has 0 atom stereocenters. The van der Waals surface area contributed by atoms with E-state index >= 15 is 0 Å². The first-order chi connectivity index (χ1) is 9.29. The van der Waals surface area contributed by atoms with Gasteiger partial charge < -0.3 is 9.47 Å². The van der Waals surface area contributed by atoms with Crippen LogP contribution in [0.15, 0.2) is 18.2 Å². The van der Waals surface area contributed by atoms with Crippen molar-refractivity contribution in [1.82, 2.24) is 4.90 Å². The molecule has 0 N–H and O–H groups in total. The lowest BCUT2D eigenvalue weighted by molar-refractivity contribution is 0.0358. The Morgan fingerprint density at radius 2 is 2.16 bits per heavy atom. The van der Waals surface area contributed by atoms with Gasteiger partial charge in [0.1, 0.15) is 5.75 Å². The topological polar surface area (TPSA) is 38.8 Å². The average Bonchev–Trinajstić information content (AvgIpc) is 2.46. The van der Waals surface area contributed by atoms with Crippen LogP contribution in [-0.2, 0) is 4.74 Å². The number of benzene rings is 1. The van der Waals surface area contributed by atoms with Crippen molar-refractivity contribution >= 4 is 17.9 Å². The molecule has 2 rings (SSSR count). The molecule has 0 radical (unpaired) electrons. The van der Waals surface area contributed by atoms with E-state index in [-0.39, 0.29) is 0 Å². The third-order valence-corrected chi connectivity index (χ3v) is 3.31. The molecule has 1 aromatic carbocycles. The van der Waals surface area contributed by atoms with Crippen LogP contribution < -0.4 is 4.74 Å². The van der Waals surface area contributed by atoms with Crippen LogP contribution in [0.25, 0.3) is 0 Å². The lowest BCUT2D eigenvalue weighted by Gasteiger charge is -2.26. The fraction of sp³-hybridized carbons (Fsp3) is 0.500. The maximum atomic E-state index is 10.9. The fourth-order valence-corrected chi connectivity index (χ4v) is 2.22. The van der Waals surface area contributed by atoms with Gasteiger partial charge >= 0.3 is 0 Å². The molecule has 0 bridgehead atoms. The van der Waals surface area contributed by atoms with Gasteiger partial charge in [-0.1, -0.05) is 11.6 Å². The maximum Gasteiger partial charge on any atom is 0.153 e. The third-order valence-electron chi connectivity index (χ3n) is 3.08. The number of aldehydes is 1. The van der Waals surface area contributed by atoms with Gasteiger partial charge in [-0.05, 0) is 24.6 Å². The summed E-state index contributed by atoms with van der Waals surface area (Å²) < 4.78 is 10.9. The standard InChI is InChI=1S/C14H18ClNO3/c15-13-2-3-14(12(10-13)11-17)19-7-1-4-16-5-8-18-9-6-16/h2-3,10-11H,1,4-9H2. The van der Waals surface area contributed by atoms with E-state index < -0.39 is 0 Å². The lowest BCUT2D eigenvalue weighted by Crippen LogP contribution is -2.37. The van der Waals surface area contributed by atoms with Crippen LogP contribution in [0.3, 0.4) is 0 Å². The molecule has 104 valence electrons. The summed E-state index contributed by atoms with van der Waals surface area (Å²) in [5.41, 5.74) is 0.499. The van der Waals surface area contributed by atoms with Crippen molar-refractivity contribution in [3.8, 4) is 5.75 Å². The van der Waals surface area contributed by atoms with Crippen molar-refractivity contribution < 1.29 is 14.3 Å². The Balaban J connectivity index is 1.74. The van der Waals surface area contributed by atoms with Crippen molar-refractivity contribution in [3.05, 3.63) is 28.8 Å². The number of carbonyl (C=O) groups excluding carboxylic acids is 1. The molecule has 0 amide bonds. The number of ether oxygens (including phenoxy) is 2. The number of hydrogen-bond acceptors (Lipinski definition) is 4. The van der Waals surface area contributed by atoms with E-state index in [0.29, 0.717) is 22.9 Å². The van der Waals surface area contributed by atoms with E-state index in [2.05, 4.69) is 4.90 Å². The van der Waals surface area contributed by atoms with Gasteiger partial charge in [0, 0.05) is 24.7 Å². The third kappa shape index (κ3) is 4.49. The molecule has 0 aliphatic carbocycles. The first-order valence-electron chi connectivity index (χ1n) is 6.47. The molecule has 0 saturated carbocycles. The highest BCUT2D eigenvalue weighted by Crippen LogP contribution is 2.21. The normalized spacial score (nSPS) is 16.3. The average molecular weight is 284 g/mol. The summed E-state index contributed by atoms with van der Waals surface area (Å²) >= 11 is 5.83. The fourth-order valence-electron chi connectivity index (χ4n) is 2.04.